The van der Waals surface area contributed by atoms with Gasteiger partial charge >= 0.3 is 0 Å². The summed E-state index contributed by atoms with van der Waals surface area (Å²) in [5.41, 5.74) is 1.12. The van der Waals surface area contributed by atoms with Crippen LogP contribution in [0.4, 0.5) is 5.95 Å². The van der Waals surface area contributed by atoms with Crippen LogP contribution in [-0.4, -0.2) is 23.6 Å². The van der Waals surface area contributed by atoms with E-state index in [0.29, 0.717) is 6.04 Å². The molecule has 0 saturated heterocycles. The van der Waals surface area contributed by atoms with Gasteiger partial charge in [-0.2, -0.15) is 0 Å². The van der Waals surface area contributed by atoms with E-state index in [2.05, 4.69) is 51.5 Å². The predicted octanol–water partition coefficient (Wildman–Crippen LogP) is 3.24. The predicted molar refractivity (Wildman–Crippen MR) is 85.2 cm³/mol. The Balaban J connectivity index is 1.98. The second kappa shape index (κ2) is 7.36. The lowest BCUT2D eigenvalue weighted by Crippen LogP contribution is -2.23. The number of hydrogen-bond donors (Lipinski definition) is 1. The molecule has 108 valence electrons. The number of thiophene rings is 1. The van der Waals surface area contributed by atoms with Crippen LogP contribution in [0.5, 0.6) is 0 Å². The van der Waals surface area contributed by atoms with Crippen molar-refractivity contribution in [3.63, 3.8) is 0 Å². The van der Waals surface area contributed by atoms with Gasteiger partial charge in [0.2, 0.25) is 5.95 Å². The third kappa shape index (κ3) is 3.77. The number of hydrogen-bond acceptors (Lipinski definition) is 5. The van der Waals surface area contributed by atoms with Crippen molar-refractivity contribution in [2.45, 2.75) is 32.9 Å². The smallest absolute Gasteiger partial charge is 0.225 e. The summed E-state index contributed by atoms with van der Waals surface area (Å²) in [6.45, 7) is 6.19. The molecule has 0 fully saturated rings. The molecule has 0 amide bonds. The summed E-state index contributed by atoms with van der Waals surface area (Å²) in [6, 6.07) is 4.52. The van der Waals surface area contributed by atoms with Crippen LogP contribution >= 0.6 is 11.3 Å². The molecule has 2 aromatic heterocycles. The Bertz CT molecular complexity index is 495. The van der Waals surface area contributed by atoms with Crippen molar-refractivity contribution in [3.05, 3.63) is 40.3 Å². The van der Waals surface area contributed by atoms with Gasteiger partial charge in [0.1, 0.15) is 0 Å². The Kier molecular flexibility index (Phi) is 5.49. The van der Waals surface area contributed by atoms with Crippen molar-refractivity contribution >= 4 is 17.3 Å². The Hall–Kier alpha value is -1.46. The first-order valence-electron chi connectivity index (χ1n) is 7.00. The van der Waals surface area contributed by atoms with Crippen molar-refractivity contribution < 1.29 is 0 Å². The van der Waals surface area contributed by atoms with Crippen molar-refractivity contribution in [3.8, 4) is 0 Å². The fourth-order valence-corrected chi connectivity index (χ4v) is 2.75. The van der Waals surface area contributed by atoms with E-state index in [4.69, 9.17) is 0 Å². The number of nitrogens with zero attached hydrogens (tertiary/aromatic N) is 3. The van der Waals surface area contributed by atoms with Gasteiger partial charge in [-0.3, -0.25) is 0 Å². The topological polar surface area (TPSA) is 41.1 Å². The zero-order valence-corrected chi connectivity index (χ0v) is 13.2. The molecule has 0 aliphatic rings. The molecular weight excluding hydrogens is 268 g/mol. The number of aromatic nitrogens is 2. The van der Waals surface area contributed by atoms with Gasteiger partial charge in [0.25, 0.3) is 0 Å². The summed E-state index contributed by atoms with van der Waals surface area (Å²) in [7, 11) is 2.04. The molecule has 1 atom stereocenters. The van der Waals surface area contributed by atoms with Gasteiger partial charge in [-0.05, 0) is 31.3 Å². The molecule has 0 aliphatic carbocycles. The lowest BCUT2D eigenvalue weighted by molar-refractivity contribution is 0.669. The minimum absolute atomic E-state index is 0.291. The fourth-order valence-electron chi connectivity index (χ4n) is 1.92. The molecule has 1 unspecified atom stereocenters. The molecule has 4 nitrogen and oxygen atoms in total. The van der Waals surface area contributed by atoms with E-state index in [1.54, 1.807) is 11.3 Å². The molecule has 2 heterocycles. The largest absolute Gasteiger partial charge is 0.336 e. The van der Waals surface area contributed by atoms with Gasteiger partial charge in [-0.25, -0.2) is 9.97 Å². The highest BCUT2D eigenvalue weighted by Gasteiger charge is 2.15. The first-order valence-corrected chi connectivity index (χ1v) is 7.88. The molecule has 0 spiro atoms. The Labute approximate surface area is 124 Å². The highest BCUT2D eigenvalue weighted by atomic mass is 32.1. The minimum atomic E-state index is 0.291. The van der Waals surface area contributed by atoms with Gasteiger partial charge in [-0.1, -0.05) is 13.0 Å². The highest BCUT2D eigenvalue weighted by Crippen LogP contribution is 2.25. The first-order chi connectivity index (χ1) is 9.72. The maximum Gasteiger partial charge on any atom is 0.225 e. The summed E-state index contributed by atoms with van der Waals surface area (Å²) in [5, 5.41) is 5.45. The molecule has 5 heteroatoms. The molecule has 2 aromatic rings. The van der Waals surface area contributed by atoms with Crippen molar-refractivity contribution in [2.75, 3.05) is 18.5 Å². The van der Waals surface area contributed by atoms with Gasteiger partial charge in [0, 0.05) is 36.4 Å². The van der Waals surface area contributed by atoms with Gasteiger partial charge < -0.3 is 10.2 Å². The molecule has 1 N–H and O–H groups in total. The van der Waals surface area contributed by atoms with E-state index in [0.717, 1.165) is 31.0 Å². The number of rotatable bonds is 7. The SMILES string of the molecule is CCCNCc1cnc(N(C)C(C)c2cccs2)nc1. The van der Waals surface area contributed by atoms with Crippen LogP contribution in [-0.2, 0) is 6.54 Å². The monoisotopic (exact) mass is 290 g/mol. The van der Waals surface area contributed by atoms with E-state index in [9.17, 15) is 0 Å². The van der Waals surface area contributed by atoms with Crippen LogP contribution in [0.1, 0.15) is 36.8 Å². The minimum Gasteiger partial charge on any atom is -0.336 e. The lowest BCUT2D eigenvalue weighted by atomic mass is 10.2. The Morgan fingerprint density at radius 3 is 2.70 bits per heavy atom. The Morgan fingerprint density at radius 2 is 2.10 bits per heavy atom. The van der Waals surface area contributed by atoms with Gasteiger partial charge in [-0.15, -0.1) is 11.3 Å². The second-order valence-electron chi connectivity index (χ2n) is 4.87. The van der Waals surface area contributed by atoms with E-state index in [1.165, 1.54) is 4.88 Å². The maximum absolute atomic E-state index is 4.47. The standard InChI is InChI=1S/C15H22N4S/c1-4-7-16-9-13-10-17-15(18-11-13)19(3)12(2)14-6-5-8-20-14/h5-6,8,10-12,16H,4,7,9H2,1-3H3. The summed E-state index contributed by atoms with van der Waals surface area (Å²) < 4.78 is 0. The zero-order chi connectivity index (χ0) is 14.4. The van der Waals surface area contributed by atoms with Crippen molar-refractivity contribution in [2.24, 2.45) is 0 Å². The van der Waals surface area contributed by atoms with Crippen LogP contribution < -0.4 is 10.2 Å². The number of nitrogens with one attached hydrogen (secondary N) is 1. The second-order valence-corrected chi connectivity index (χ2v) is 5.85. The van der Waals surface area contributed by atoms with Crippen LogP contribution in [0.3, 0.4) is 0 Å². The first kappa shape index (κ1) is 14.9. The average Bonchev–Trinajstić information content (AvgIpc) is 3.01. The van der Waals surface area contributed by atoms with E-state index in [1.807, 2.05) is 19.4 Å². The quantitative estimate of drug-likeness (QED) is 0.795. The molecule has 2 rings (SSSR count). The molecule has 0 saturated carbocycles. The normalized spacial score (nSPS) is 12.3. The molecule has 0 bridgehead atoms. The molecule has 0 aromatic carbocycles. The van der Waals surface area contributed by atoms with Crippen molar-refractivity contribution in [1.82, 2.24) is 15.3 Å². The summed E-state index contributed by atoms with van der Waals surface area (Å²) in [4.78, 5) is 12.4. The summed E-state index contributed by atoms with van der Waals surface area (Å²) in [5.74, 6) is 0.769. The van der Waals surface area contributed by atoms with Gasteiger partial charge in [0.15, 0.2) is 0 Å². The van der Waals surface area contributed by atoms with Crippen LogP contribution in [0.25, 0.3) is 0 Å². The molecule has 0 radical (unpaired) electrons. The third-order valence-electron chi connectivity index (χ3n) is 3.30. The molecule has 20 heavy (non-hydrogen) atoms. The van der Waals surface area contributed by atoms with Crippen LogP contribution in [0, 0.1) is 0 Å². The summed E-state index contributed by atoms with van der Waals surface area (Å²) in [6.07, 6.45) is 4.95. The number of anilines is 1. The summed E-state index contributed by atoms with van der Waals surface area (Å²) >= 11 is 1.76. The van der Waals surface area contributed by atoms with Gasteiger partial charge in [0.05, 0.1) is 6.04 Å². The fraction of sp³-hybridized carbons (Fsp3) is 0.467. The third-order valence-corrected chi connectivity index (χ3v) is 4.34. The average molecular weight is 290 g/mol. The van der Waals surface area contributed by atoms with E-state index in [-0.39, 0.29) is 0 Å². The Morgan fingerprint density at radius 1 is 1.35 bits per heavy atom. The lowest BCUT2D eigenvalue weighted by Gasteiger charge is -2.23. The van der Waals surface area contributed by atoms with Crippen LogP contribution in [0.2, 0.25) is 0 Å². The van der Waals surface area contributed by atoms with E-state index >= 15 is 0 Å². The molecular formula is C15H22N4S. The zero-order valence-electron chi connectivity index (χ0n) is 12.3. The highest BCUT2D eigenvalue weighted by molar-refractivity contribution is 7.10. The van der Waals surface area contributed by atoms with E-state index < -0.39 is 0 Å². The molecule has 0 aliphatic heterocycles. The van der Waals surface area contributed by atoms with Crippen LogP contribution in [0.15, 0.2) is 29.9 Å². The maximum atomic E-state index is 4.47. The van der Waals surface area contributed by atoms with Crippen molar-refractivity contribution in [1.29, 1.82) is 0 Å².